The van der Waals surface area contributed by atoms with Crippen LogP contribution in [0.3, 0.4) is 0 Å². The molecule has 0 bridgehead atoms. The number of ether oxygens (including phenoxy) is 1. The van der Waals surface area contributed by atoms with Crippen LogP contribution in [0.4, 0.5) is 5.69 Å². The molecule has 0 aliphatic heterocycles. The fourth-order valence-corrected chi connectivity index (χ4v) is 1.64. The first-order valence-electron chi connectivity index (χ1n) is 3.95. The van der Waals surface area contributed by atoms with Crippen molar-refractivity contribution in [2.24, 2.45) is 0 Å². The van der Waals surface area contributed by atoms with Gasteiger partial charge in [-0.15, -0.1) is 0 Å². The van der Waals surface area contributed by atoms with Crippen molar-refractivity contribution in [3.8, 4) is 0 Å². The summed E-state index contributed by atoms with van der Waals surface area (Å²) in [6, 6.07) is 1.44. The first kappa shape index (κ1) is 13.3. The van der Waals surface area contributed by atoms with Crippen molar-refractivity contribution in [1.29, 1.82) is 0 Å². The van der Waals surface area contributed by atoms with Gasteiger partial charge in [0, 0.05) is 16.7 Å². The molecule has 92 valence electrons. The Morgan fingerprint density at radius 1 is 1.53 bits per heavy atom. The molecule has 0 fully saturated rings. The molecule has 1 aromatic rings. The summed E-state index contributed by atoms with van der Waals surface area (Å²) < 4.78 is 26.3. The molecule has 0 aliphatic carbocycles. The number of esters is 1. The molecule has 0 spiro atoms. The lowest BCUT2D eigenvalue weighted by molar-refractivity contribution is -0.385. The van der Waals surface area contributed by atoms with E-state index in [-0.39, 0.29) is 0 Å². The number of hydrogen-bond donors (Lipinski definition) is 0. The fraction of sp³-hybridized carbons (Fsp3) is 0.143. The van der Waals surface area contributed by atoms with E-state index < -0.39 is 36.4 Å². The minimum Gasteiger partial charge on any atom is -0.464 e. The Kier molecular flexibility index (Phi) is 3.63. The van der Waals surface area contributed by atoms with Gasteiger partial charge in [-0.1, -0.05) is 0 Å². The van der Waals surface area contributed by atoms with Crippen molar-refractivity contribution in [3.05, 3.63) is 27.9 Å². The van der Waals surface area contributed by atoms with E-state index in [1.54, 1.807) is 0 Å². The molecule has 0 unspecified atom stereocenters. The maximum absolute atomic E-state index is 11.1. The van der Waals surface area contributed by atoms with E-state index in [2.05, 4.69) is 9.72 Å². The van der Waals surface area contributed by atoms with Gasteiger partial charge < -0.3 is 4.74 Å². The molecule has 1 rings (SSSR count). The zero-order chi connectivity index (χ0) is 13.2. The van der Waals surface area contributed by atoms with E-state index in [1.165, 1.54) is 0 Å². The average Bonchev–Trinajstić information content (AvgIpc) is 2.26. The SMILES string of the molecule is COC(=O)c1cc([N+](=O)[O-])cc(S(=O)(=O)Cl)n1. The van der Waals surface area contributed by atoms with E-state index in [4.69, 9.17) is 10.7 Å². The number of carbonyl (C=O) groups is 1. The quantitative estimate of drug-likeness (QED) is 0.346. The summed E-state index contributed by atoms with van der Waals surface area (Å²) in [6.45, 7) is 0. The van der Waals surface area contributed by atoms with Gasteiger partial charge in [0.05, 0.1) is 18.1 Å². The second kappa shape index (κ2) is 4.63. The van der Waals surface area contributed by atoms with Crippen LogP contribution in [0.25, 0.3) is 0 Å². The predicted octanol–water partition coefficient (Wildman–Crippen LogP) is 0.704. The first-order valence-corrected chi connectivity index (χ1v) is 6.26. The van der Waals surface area contributed by atoms with Crippen molar-refractivity contribution in [1.82, 2.24) is 4.98 Å². The molecule has 0 aromatic carbocycles. The smallest absolute Gasteiger partial charge is 0.356 e. The van der Waals surface area contributed by atoms with Crippen molar-refractivity contribution < 1.29 is 22.9 Å². The molecular formula is C7H5ClN2O6S. The van der Waals surface area contributed by atoms with Crippen LogP contribution in [0.15, 0.2) is 17.2 Å². The Bertz CT molecular complexity index is 584. The van der Waals surface area contributed by atoms with Gasteiger partial charge in [0.2, 0.25) is 0 Å². The van der Waals surface area contributed by atoms with E-state index in [0.717, 1.165) is 13.2 Å². The van der Waals surface area contributed by atoms with Crippen LogP contribution in [-0.2, 0) is 13.8 Å². The van der Waals surface area contributed by atoms with Gasteiger partial charge in [0.1, 0.15) is 0 Å². The van der Waals surface area contributed by atoms with E-state index in [1.807, 2.05) is 0 Å². The van der Waals surface area contributed by atoms with Crippen LogP contribution in [0.1, 0.15) is 10.5 Å². The maximum atomic E-state index is 11.1. The Morgan fingerprint density at radius 2 is 2.12 bits per heavy atom. The zero-order valence-corrected chi connectivity index (χ0v) is 9.86. The van der Waals surface area contributed by atoms with Crippen LogP contribution >= 0.6 is 10.7 Å². The Labute approximate surface area is 99.7 Å². The van der Waals surface area contributed by atoms with Gasteiger partial charge in [-0.3, -0.25) is 10.1 Å². The van der Waals surface area contributed by atoms with Gasteiger partial charge in [0.15, 0.2) is 10.7 Å². The highest BCUT2D eigenvalue weighted by Gasteiger charge is 2.22. The topological polar surface area (TPSA) is 116 Å². The number of methoxy groups -OCH3 is 1. The largest absolute Gasteiger partial charge is 0.464 e. The lowest BCUT2D eigenvalue weighted by Crippen LogP contribution is -2.08. The van der Waals surface area contributed by atoms with E-state index >= 15 is 0 Å². The minimum atomic E-state index is -4.27. The van der Waals surface area contributed by atoms with Gasteiger partial charge in [0.25, 0.3) is 14.7 Å². The Morgan fingerprint density at radius 3 is 2.53 bits per heavy atom. The van der Waals surface area contributed by atoms with Crippen molar-refractivity contribution in [2.45, 2.75) is 5.03 Å². The van der Waals surface area contributed by atoms with Crippen LogP contribution in [0.5, 0.6) is 0 Å². The molecule has 8 nitrogen and oxygen atoms in total. The van der Waals surface area contributed by atoms with Crippen molar-refractivity contribution >= 4 is 31.4 Å². The van der Waals surface area contributed by atoms with Crippen molar-refractivity contribution in [3.63, 3.8) is 0 Å². The second-order valence-electron chi connectivity index (χ2n) is 2.74. The van der Waals surface area contributed by atoms with Gasteiger partial charge >= 0.3 is 5.97 Å². The van der Waals surface area contributed by atoms with Crippen LogP contribution < -0.4 is 0 Å². The molecule has 10 heteroatoms. The van der Waals surface area contributed by atoms with Crippen LogP contribution in [0, 0.1) is 10.1 Å². The van der Waals surface area contributed by atoms with Gasteiger partial charge in [-0.25, -0.2) is 18.2 Å². The summed E-state index contributed by atoms with van der Waals surface area (Å²) in [5.74, 6) is -1.00. The lowest BCUT2D eigenvalue weighted by atomic mass is 10.3. The predicted molar refractivity (Wildman–Crippen MR) is 55.3 cm³/mol. The highest BCUT2D eigenvalue weighted by atomic mass is 35.7. The third-order valence-electron chi connectivity index (χ3n) is 1.64. The number of halogens is 1. The molecule has 0 saturated heterocycles. The summed E-state index contributed by atoms with van der Waals surface area (Å²) in [6.07, 6.45) is 0. The molecular weight excluding hydrogens is 276 g/mol. The summed E-state index contributed by atoms with van der Waals surface area (Å²) >= 11 is 0. The number of pyridine rings is 1. The molecule has 0 radical (unpaired) electrons. The molecule has 1 heterocycles. The Balaban J connectivity index is 3.50. The van der Waals surface area contributed by atoms with Gasteiger partial charge in [-0.2, -0.15) is 0 Å². The fourth-order valence-electron chi connectivity index (χ4n) is 0.931. The molecule has 0 atom stereocenters. The number of rotatable bonds is 3. The number of nitrogens with zero attached hydrogens (tertiary/aromatic N) is 2. The third-order valence-corrected chi connectivity index (χ3v) is 2.82. The summed E-state index contributed by atoms with van der Waals surface area (Å²) in [4.78, 5) is 24.1. The average molecular weight is 281 g/mol. The van der Waals surface area contributed by atoms with Gasteiger partial charge in [-0.05, 0) is 0 Å². The molecule has 0 saturated carbocycles. The summed E-state index contributed by atoms with van der Waals surface area (Å²) in [5, 5.41) is 9.75. The number of nitro groups is 1. The normalized spacial score (nSPS) is 10.9. The lowest BCUT2D eigenvalue weighted by Gasteiger charge is -2.01. The molecule has 0 N–H and O–H groups in total. The summed E-state index contributed by atoms with van der Waals surface area (Å²) in [5.41, 5.74) is -1.14. The highest BCUT2D eigenvalue weighted by molar-refractivity contribution is 8.13. The minimum absolute atomic E-state index is 0.513. The van der Waals surface area contributed by atoms with E-state index in [9.17, 15) is 23.3 Å². The zero-order valence-electron chi connectivity index (χ0n) is 8.28. The standard InChI is InChI=1S/C7H5ClN2O6S/c1-16-7(11)5-2-4(10(12)13)3-6(9-5)17(8,14)15/h2-3H,1H3. The molecule has 0 amide bonds. The maximum Gasteiger partial charge on any atom is 0.356 e. The number of carbonyl (C=O) groups excluding carboxylic acids is 1. The number of aromatic nitrogens is 1. The second-order valence-corrected chi connectivity index (χ2v) is 5.25. The van der Waals surface area contributed by atoms with E-state index in [0.29, 0.717) is 6.07 Å². The van der Waals surface area contributed by atoms with Crippen LogP contribution in [0.2, 0.25) is 0 Å². The monoisotopic (exact) mass is 280 g/mol. The molecule has 17 heavy (non-hydrogen) atoms. The highest BCUT2D eigenvalue weighted by Crippen LogP contribution is 2.20. The third kappa shape index (κ3) is 3.11. The summed E-state index contributed by atoms with van der Waals surface area (Å²) in [7, 11) is 1.74. The van der Waals surface area contributed by atoms with Crippen molar-refractivity contribution in [2.75, 3.05) is 7.11 Å². The molecule has 1 aromatic heterocycles. The first-order chi connectivity index (χ1) is 7.75. The van der Waals surface area contributed by atoms with Crippen LogP contribution in [-0.4, -0.2) is 31.4 Å². The number of hydrogen-bond acceptors (Lipinski definition) is 7. The molecule has 0 aliphatic rings. The Hall–Kier alpha value is -1.74.